The summed E-state index contributed by atoms with van der Waals surface area (Å²) < 4.78 is 39.0. The summed E-state index contributed by atoms with van der Waals surface area (Å²) in [5.74, 6) is -0.449. The van der Waals surface area contributed by atoms with Crippen molar-refractivity contribution in [1.82, 2.24) is 0 Å². The zero-order valence-electron chi connectivity index (χ0n) is 13.3. The van der Waals surface area contributed by atoms with Gasteiger partial charge in [-0.3, -0.25) is 4.79 Å². The number of rotatable bonds is 1. The maximum absolute atomic E-state index is 13.0. The van der Waals surface area contributed by atoms with Crippen LogP contribution in [0.2, 0.25) is 0 Å². The number of phenols is 1. The number of fused-ring (bicyclic) bond motifs is 1. The molecule has 2 aromatic rings. The van der Waals surface area contributed by atoms with Gasteiger partial charge in [-0.1, -0.05) is 38.1 Å². The lowest BCUT2D eigenvalue weighted by Gasteiger charge is -2.36. The van der Waals surface area contributed by atoms with Crippen molar-refractivity contribution in [3.63, 3.8) is 0 Å². The number of benzene rings is 2. The smallest absolute Gasteiger partial charge is 0.416 e. The van der Waals surface area contributed by atoms with Crippen molar-refractivity contribution in [1.29, 1.82) is 0 Å². The Morgan fingerprint density at radius 1 is 1.12 bits per heavy atom. The number of ketones is 1. The van der Waals surface area contributed by atoms with Crippen molar-refractivity contribution >= 4 is 5.78 Å². The molecule has 24 heavy (non-hydrogen) atoms. The summed E-state index contributed by atoms with van der Waals surface area (Å²) in [7, 11) is 0. The average Bonchev–Trinajstić information content (AvgIpc) is 2.50. The quantitative estimate of drug-likeness (QED) is 0.782. The van der Waals surface area contributed by atoms with Crippen LogP contribution in [0.3, 0.4) is 0 Å². The number of carbonyl (C=O) groups excluding carboxylic acids is 1. The number of phenolic OH excluding ortho intramolecular Hbond substituents is 1. The number of carbonyl (C=O) groups is 1. The highest BCUT2D eigenvalue weighted by molar-refractivity contribution is 6.03. The molecule has 126 valence electrons. The minimum atomic E-state index is -4.41. The fourth-order valence-corrected chi connectivity index (χ4v) is 3.35. The lowest BCUT2D eigenvalue weighted by molar-refractivity contribution is -0.137. The van der Waals surface area contributed by atoms with Gasteiger partial charge in [0.2, 0.25) is 0 Å². The normalized spacial score (nSPS) is 19.9. The molecule has 1 aliphatic rings. The second-order valence-electron chi connectivity index (χ2n) is 6.86. The molecule has 2 nitrogen and oxygen atoms in total. The van der Waals surface area contributed by atoms with E-state index in [1.807, 2.05) is 0 Å². The first-order chi connectivity index (χ1) is 11.1. The van der Waals surface area contributed by atoms with Crippen LogP contribution in [-0.2, 0) is 6.18 Å². The molecule has 0 amide bonds. The van der Waals surface area contributed by atoms with Crippen molar-refractivity contribution in [3.05, 3.63) is 64.7 Å². The maximum Gasteiger partial charge on any atom is 0.416 e. The fraction of sp³-hybridized carbons (Fsp3) is 0.316. The molecule has 1 unspecified atom stereocenters. The van der Waals surface area contributed by atoms with E-state index >= 15 is 0 Å². The molecule has 1 atom stereocenters. The lowest BCUT2D eigenvalue weighted by atomic mass is 9.66. The van der Waals surface area contributed by atoms with Crippen LogP contribution in [0, 0.1) is 5.41 Å². The molecule has 2 aromatic carbocycles. The molecule has 0 saturated heterocycles. The van der Waals surface area contributed by atoms with E-state index in [4.69, 9.17) is 0 Å². The van der Waals surface area contributed by atoms with Crippen LogP contribution in [0.15, 0.2) is 42.5 Å². The molecular formula is C19H17F3O2. The first kappa shape index (κ1) is 16.6. The SMILES string of the molecule is CC1(C)CC(c2cccc(C(F)(F)F)c2)c2ccc(O)cc2C1=O. The third-order valence-corrected chi connectivity index (χ3v) is 4.60. The molecule has 0 radical (unpaired) electrons. The van der Waals surface area contributed by atoms with Crippen molar-refractivity contribution < 1.29 is 23.1 Å². The van der Waals surface area contributed by atoms with Gasteiger partial charge in [0, 0.05) is 16.9 Å². The summed E-state index contributed by atoms with van der Waals surface area (Å²) in [6.07, 6.45) is -3.99. The Morgan fingerprint density at radius 3 is 2.50 bits per heavy atom. The Labute approximate surface area is 137 Å². The molecule has 0 aromatic heterocycles. The average molecular weight is 334 g/mol. The van der Waals surface area contributed by atoms with Crippen LogP contribution in [0.25, 0.3) is 0 Å². The highest BCUT2D eigenvalue weighted by Crippen LogP contribution is 2.46. The topological polar surface area (TPSA) is 37.3 Å². The zero-order valence-corrected chi connectivity index (χ0v) is 13.3. The Hall–Kier alpha value is -2.30. The number of hydrogen-bond donors (Lipinski definition) is 1. The van der Waals surface area contributed by atoms with Crippen molar-refractivity contribution in [2.45, 2.75) is 32.4 Å². The Balaban J connectivity index is 2.16. The summed E-state index contributed by atoms with van der Waals surface area (Å²) in [5, 5.41) is 9.68. The number of halogens is 3. The van der Waals surface area contributed by atoms with Gasteiger partial charge in [0.1, 0.15) is 5.75 Å². The van der Waals surface area contributed by atoms with Gasteiger partial charge >= 0.3 is 6.18 Å². The molecule has 1 aliphatic carbocycles. The maximum atomic E-state index is 13.0. The van der Waals surface area contributed by atoms with Gasteiger partial charge in [-0.2, -0.15) is 13.2 Å². The van der Waals surface area contributed by atoms with Gasteiger partial charge in [-0.05, 0) is 35.7 Å². The van der Waals surface area contributed by atoms with Crippen molar-refractivity contribution in [3.8, 4) is 5.75 Å². The highest BCUT2D eigenvalue weighted by atomic mass is 19.4. The van der Waals surface area contributed by atoms with E-state index in [1.165, 1.54) is 18.2 Å². The monoisotopic (exact) mass is 334 g/mol. The van der Waals surface area contributed by atoms with Gasteiger partial charge < -0.3 is 5.11 Å². The van der Waals surface area contributed by atoms with Crippen LogP contribution < -0.4 is 0 Å². The van der Waals surface area contributed by atoms with Gasteiger partial charge in [-0.25, -0.2) is 0 Å². The predicted molar refractivity (Wildman–Crippen MR) is 84.1 cm³/mol. The van der Waals surface area contributed by atoms with E-state index in [-0.39, 0.29) is 17.5 Å². The minimum Gasteiger partial charge on any atom is -0.508 e. The van der Waals surface area contributed by atoms with Gasteiger partial charge in [0.15, 0.2) is 5.78 Å². The van der Waals surface area contributed by atoms with Crippen LogP contribution in [0.5, 0.6) is 5.75 Å². The molecule has 0 heterocycles. The van der Waals surface area contributed by atoms with Crippen LogP contribution in [0.1, 0.15) is 53.2 Å². The summed E-state index contributed by atoms with van der Waals surface area (Å²) in [5.41, 5.74) is 0.164. The van der Waals surface area contributed by atoms with Crippen LogP contribution in [-0.4, -0.2) is 10.9 Å². The molecule has 0 aliphatic heterocycles. The molecule has 0 spiro atoms. The van der Waals surface area contributed by atoms with Crippen molar-refractivity contribution in [2.75, 3.05) is 0 Å². The second kappa shape index (κ2) is 5.36. The summed E-state index contributed by atoms with van der Waals surface area (Å²) in [4.78, 5) is 12.6. The number of hydrogen-bond acceptors (Lipinski definition) is 2. The molecule has 0 fully saturated rings. The first-order valence-electron chi connectivity index (χ1n) is 7.64. The third-order valence-electron chi connectivity index (χ3n) is 4.60. The summed E-state index contributed by atoms with van der Waals surface area (Å²) in [6.45, 7) is 3.56. The van der Waals surface area contributed by atoms with Crippen LogP contribution >= 0.6 is 0 Å². The zero-order chi connectivity index (χ0) is 17.7. The number of alkyl halides is 3. The minimum absolute atomic E-state index is 0.0254. The number of Topliss-reactive ketones (excluding diaryl/α,β-unsaturated/α-hetero) is 1. The first-order valence-corrected chi connectivity index (χ1v) is 7.64. The predicted octanol–water partition coefficient (Wildman–Crippen LogP) is 5.16. The second-order valence-corrected chi connectivity index (χ2v) is 6.86. The summed E-state index contributed by atoms with van der Waals surface area (Å²) in [6, 6.07) is 9.73. The standard InChI is InChI=1S/C19H17F3O2/c1-18(2)10-16(11-4-3-5-12(8-11)19(20,21)22)14-7-6-13(23)9-15(14)17(18)24/h3-9,16,23H,10H2,1-2H3. The van der Waals surface area contributed by atoms with E-state index < -0.39 is 17.2 Å². The Kier molecular flexibility index (Phi) is 3.70. The molecular weight excluding hydrogens is 317 g/mol. The van der Waals surface area contributed by atoms with E-state index in [9.17, 15) is 23.1 Å². The van der Waals surface area contributed by atoms with E-state index in [0.29, 0.717) is 23.1 Å². The lowest BCUT2D eigenvalue weighted by Crippen LogP contribution is -2.33. The molecule has 3 rings (SSSR count). The van der Waals surface area contributed by atoms with Gasteiger partial charge in [0.25, 0.3) is 0 Å². The Bertz CT molecular complexity index is 806. The van der Waals surface area contributed by atoms with E-state index in [0.717, 1.165) is 12.1 Å². The molecule has 0 bridgehead atoms. The summed E-state index contributed by atoms with van der Waals surface area (Å²) >= 11 is 0. The van der Waals surface area contributed by atoms with E-state index in [1.54, 1.807) is 26.0 Å². The largest absolute Gasteiger partial charge is 0.508 e. The van der Waals surface area contributed by atoms with Crippen molar-refractivity contribution in [2.24, 2.45) is 5.41 Å². The van der Waals surface area contributed by atoms with Gasteiger partial charge in [-0.15, -0.1) is 0 Å². The molecule has 1 N–H and O–H groups in total. The van der Waals surface area contributed by atoms with Gasteiger partial charge in [0.05, 0.1) is 5.56 Å². The third kappa shape index (κ3) is 2.79. The number of aromatic hydroxyl groups is 1. The molecule has 0 saturated carbocycles. The van der Waals surface area contributed by atoms with E-state index in [2.05, 4.69) is 0 Å². The molecule has 5 heteroatoms. The fourth-order valence-electron chi connectivity index (χ4n) is 3.35. The Morgan fingerprint density at radius 2 is 1.83 bits per heavy atom. The highest BCUT2D eigenvalue weighted by Gasteiger charge is 2.40. The van der Waals surface area contributed by atoms with Crippen LogP contribution in [0.4, 0.5) is 13.2 Å².